The predicted molar refractivity (Wildman–Crippen MR) is 123 cm³/mol. The van der Waals surface area contributed by atoms with Gasteiger partial charge in [0.2, 0.25) is 0 Å². The molecule has 0 amide bonds. The molecule has 0 saturated carbocycles. The van der Waals surface area contributed by atoms with Crippen LogP contribution in [0.3, 0.4) is 0 Å². The Balaban J connectivity index is 1.34. The van der Waals surface area contributed by atoms with Crippen molar-refractivity contribution in [2.75, 3.05) is 38.7 Å². The predicted octanol–water partition coefficient (Wildman–Crippen LogP) is 4.31. The average Bonchev–Trinajstić information content (AvgIpc) is 3.26. The smallest absolute Gasteiger partial charge is 0.193 e. The van der Waals surface area contributed by atoms with Gasteiger partial charge in [-0.2, -0.15) is 0 Å². The molecule has 1 unspecified atom stereocenters. The van der Waals surface area contributed by atoms with Crippen LogP contribution >= 0.6 is 11.8 Å². The number of nitrogens with zero attached hydrogens (tertiary/aromatic N) is 2. The minimum Gasteiger partial charge on any atom is -0.467 e. The molecule has 5 nitrogen and oxygen atoms in total. The lowest BCUT2D eigenvalue weighted by atomic mass is 10.1. The topological polar surface area (TPSA) is 46.1 Å². The molecule has 0 bridgehead atoms. The molecule has 0 aromatic heterocycles. The Kier molecular flexibility index (Phi) is 7.70. The Morgan fingerprint density at radius 2 is 2.16 bits per heavy atom. The Morgan fingerprint density at radius 3 is 3.00 bits per heavy atom. The molecule has 2 heterocycles. The van der Waals surface area contributed by atoms with E-state index in [0.29, 0.717) is 25.5 Å². The van der Waals surface area contributed by atoms with Crippen molar-refractivity contribution < 1.29 is 13.9 Å². The van der Waals surface area contributed by atoms with Gasteiger partial charge in [-0.25, -0.2) is 4.39 Å². The number of fused-ring (bicyclic) bond motifs is 1. The van der Waals surface area contributed by atoms with E-state index in [-0.39, 0.29) is 12.6 Å². The second kappa shape index (κ2) is 10.9. The SMILES string of the molecule is CCNC(=NCCc1cc(F)cc2c1OCOC2)N1CCC(CSc2ccccc2)C1. The molecule has 2 aliphatic heterocycles. The second-order valence-corrected chi connectivity index (χ2v) is 8.97. The van der Waals surface area contributed by atoms with Crippen molar-refractivity contribution in [3.05, 3.63) is 59.4 Å². The maximum atomic E-state index is 14.0. The maximum Gasteiger partial charge on any atom is 0.193 e. The van der Waals surface area contributed by atoms with E-state index < -0.39 is 0 Å². The fourth-order valence-corrected chi connectivity index (χ4v) is 5.09. The second-order valence-electron chi connectivity index (χ2n) is 7.87. The first-order chi connectivity index (χ1) is 15.2. The number of hydrogen-bond donors (Lipinski definition) is 1. The first-order valence-electron chi connectivity index (χ1n) is 11.0. The zero-order valence-electron chi connectivity index (χ0n) is 18.0. The summed E-state index contributed by atoms with van der Waals surface area (Å²) in [6, 6.07) is 13.6. The van der Waals surface area contributed by atoms with Crippen molar-refractivity contribution in [2.24, 2.45) is 10.9 Å². The van der Waals surface area contributed by atoms with E-state index >= 15 is 0 Å². The number of nitrogens with one attached hydrogen (secondary N) is 1. The molecular weight excluding hydrogens is 413 g/mol. The van der Waals surface area contributed by atoms with Crippen LogP contribution in [0.15, 0.2) is 52.4 Å². The van der Waals surface area contributed by atoms with Gasteiger partial charge < -0.3 is 19.7 Å². The first-order valence-corrected chi connectivity index (χ1v) is 11.9. The fourth-order valence-electron chi connectivity index (χ4n) is 4.04. The van der Waals surface area contributed by atoms with Crippen LogP contribution in [0.2, 0.25) is 0 Å². The third kappa shape index (κ3) is 5.92. The van der Waals surface area contributed by atoms with Crippen molar-refractivity contribution in [1.29, 1.82) is 0 Å². The Labute approximate surface area is 188 Å². The largest absolute Gasteiger partial charge is 0.467 e. The number of ether oxygens (including phenoxy) is 2. The number of aliphatic imine (C=N–C) groups is 1. The van der Waals surface area contributed by atoms with Crippen molar-refractivity contribution in [3.8, 4) is 5.75 Å². The lowest BCUT2D eigenvalue weighted by molar-refractivity contribution is -0.0172. The van der Waals surface area contributed by atoms with Crippen molar-refractivity contribution in [3.63, 3.8) is 0 Å². The average molecular weight is 444 g/mol. The quantitative estimate of drug-likeness (QED) is 0.392. The highest BCUT2D eigenvalue weighted by Crippen LogP contribution is 2.30. The van der Waals surface area contributed by atoms with E-state index in [1.54, 1.807) is 6.07 Å². The first kappa shape index (κ1) is 22.0. The van der Waals surface area contributed by atoms with Gasteiger partial charge in [-0.15, -0.1) is 11.8 Å². The summed E-state index contributed by atoms with van der Waals surface area (Å²) in [6.45, 7) is 6.14. The lowest BCUT2D eigenvalue weighted by Crippen LogP contribution is -2.40. The zero-order chi connectivity index (χ0) is 21.5. The normalized spacial score (nSPS) is 18.6. The molecule has 0 spiro atoms. The fraction of sp³-hybridized carbons (Fsp3) is 0.458. The van der Waals surface area contributed by atoms with Gasteiger partial charge in [0.1, 0.15) is 11.6 Å². The molecule has 1 atom stereocenters. The van der Waals surface area contributed by atoms with Crippen LogP contribution in [0.25, 0.3) is 0 Å². The molecule has 2 aromatic carbocycles. The van der Waals surface area contributed by atoms with Gasteiger partial charge in [0.05, 0.1) is 6.61 Å². The third-order valence-corrected chi connectivity index (χ3v) is 6.79. The van der Waals surface area contributed by atoms with E-state index in [2.05, 4.69) is 47.5 Å². The van der Waals surface area contributed by atoms with Gasteiger partial charge in [-0.1, -0.05) is 18.2 Å². The van der Waals surface area contributed by atoms with Gasteiger partial charge in [0.15, 0.2) is 12.8 Å². The van der Waals surface area contributed by atoms with Crippen LogP contribution in [-0.2, 0) is 17.8 Å². The summed E-state index contributed by atoms with van der Waals surface area (Å²) >= 11 is 1.93. The number of thioether (sulfide) groups is 1. The Bertz CT molecular complexity index is 894. The summed E-state index contributed by atoms with van der Waals surface area (Å²) in [6.07, 6.45) is 1.81. The van der Waals surface area contributed by atoms with E-state index in [1.807, 2.05) is 11.8 Å². The summed E-state index contributed by atoms with van der Waals surface area (Å²) < 4.78 is 24.9. The number of halogens is 1. The minimum atomic E-state index is -0.253. The monoisotopic (exact) mass is 443 g/mol. The minimum absolute atomic E-state index is 0.216. The Morgan fingerprint density at radius 1 is 1.29 bits per heavy atom. The summed E-state index contributed by atoms with van der Waals surface area (Å²) in [4.78, 5) is 8.52. The summed E-state index contributed by atoms with van der Waals surface area (Å²) in [5.41, 5.74) is 1.63. The van der Waals surface area contributed by atoms with Crippen LogP contribution < -0.4 is 10.1 Å². The van der Waals surface area contributed by atoms with E-state index in [1.165, 1.54) is 17.4 Å². The number of hydrogen-bond acceptors (Lipinski definition) is 4. The van der Waals surface area contributed by atoms with Crippen molar-refractivity contribution in [1.82, 2.24) is 10.2 Å². The van der Waals surface area contributed by atoms with Crippen molar-refractivity contribution >= 4 is 17.7 Å². The Hall–Kier alpha value is -2.25. The van der Waals surface area contributed by atoms with Gasteiger partial charge in [-0.3, -0.25) is 4.99 Å². The number of likely N-dealkylation sites (tertiary alicyclic amines) is 1. The lowest BCUT2D eigenvalue weighted by Gasteiger charge is -2.22. The van der Waals surface area contributed by atoms with Crippen LogP contribution in [-0.4, -0.2) is 49.6 Å². The molecule has 1 saturated heterocycles. The number of benzene rings is 2. The molecule has 1 fully saturated rings. The van der Waals surface area contributed by atoms with Gasteiger partial charge in [0, 0.05) is 42.4 Å². The van der Waals surface area contributed by atoms with Crippen LogP contribution in [0.1, 0.15) is 24.5 Å². The van der Waals surface area contributed by atoms with Crippen LogP contribution in [0, 0.1) is 11.7 Å². The molecular formula is C24H30FN3O2S. The molecule has 0 aliphatic carbocycles. The van der Waals surface area contributed by atoms with Crippen LogP contribution in [0.5, 0.6) is 5.75 Å². The molecule has 2 aliphatic rings. The zero-order valence-corrected chi connectivity index (χ0v) is 18.8. The molecule has 31 heavy (non-hydrogen) atoms. The maximum absolute atomic E-state index is 14.0. The summed E-state index contributed by atoms with van der Waals surface area (Å²) in [5, 5.41) is 3.42. The molecule has 166 valence electrons. The summed E-state index contributed by atoms with van der Waals surface area (Å²) in [7, 11) is 0. The van der Waals surface area contributed by atoms with Gasteiger partial charge in [0.25, 0.3) is 0 Å². The highest BCUT2D eigenvalue weighted by molar-refractivity contribution is 7.99. The van der Waals surface area contributed by atoms with E-state index in [9.17, 15) is 4.39 Å². The molecule has 2 aromatic rings. The van der Waals surface area contributed by atoms with Gasteiger partial charge in [-0.05, 0) is 55.5 Å². The highest BCUT2D eigenvalue weighted by Gasteiger charge is 2.25. The number of rotatable bonds is 7. The van der Waals surface area contributed by atoms with E-state index in [0.717, 1.165) is 48.2 Å². The molecule has 4 rings (SSSR count). The number of guanidine groups is 1. The van der Waals surface area contributed by atoms with Crippen LogP contribution in [0.4, 0.5) is 4.39 Å². The standard InChI is InChI=1S/C24H30FN3O2S/c1-2-26-24(28-11-9-18(14-28)16-31-22-6-4-3-5-7-22)27-10-8-19-12-21(25)13-20-15-29-17-30-23(19)20/h3-7,12-13,18H,2,8-11,14-17H2,1H3,(H,26,27). The molecule has 7 heteroatoms. The summed E-state index contributed by atoms with van der Waals surface area (Å²) in [5.74, 6) is 3.22. The molecule has 1 N–H and O–H groups in total. The van der Waals surface area contributed by atoms with Gasteiger partial charge >= 0.3 is 0 Å². The van der Waals surface area contributed by atoms with Crippen molar-refractivity contribution in [2.45, 2.75) is 31.3 Å². The highest BCUT2D eigenvalue weighted by atomic mass is 32.2. The third-order valence-electron chi connectivity index (χ3n) is 5.54. The van der Waals surface area contributed by atoms with E-state index in [4.69, 9.17) is 14.5 Å². The molecule has 0 radical (unpaired) electrons.